The second kappa shape index (κ2) is 5.29. The number of nitrogens with one attached hydrogen (secondary N) is 1. The van der Waals surface area contributed by atoms with Crippen LogP contribution < -0.4 is 11.1 Å². The van der Waals surface area contributed by atoms with E-state index in [1.165, 1.54) is 17.2 Å². The van der Waals surface area contributed by atoms with Gasteiger partial charge in [0.25, 0.3) is 5.91 Å². The van der Waals surface area contributed by atoms with Crippen LogP contribution in [-0.2, 0) is 4.79 Å². The molecule has 2 amide bonds. The molecule has 3 N–H and O–H groups in total. The molecule has 0 aliphatic rings. The van der Waals surface area contributed by atoms with Crippen molar-refractivity contribution in [3.8, 4) is 0 Å². The summed E-state index contributed by atoms with van der Waals surface area (Å²) in [6.45, 7) is 1.67. The molecule has 1 aromatic heterocycles. The van der Waals surface area contributed by atoms with Gasteiger partial charge in [-0.3, -0.25) is 14.6 Å². The monoisotopic (exact) mass is 236 g/mol. The lowest BCUT2D eigenvalue weighted by atomic mass is 10.2. The highest BCUT2D eigenvalue weighted by molar-refractivity contribution is 5.97. The molecule has 0 atom stereocenters. The second-order valence-corrected chi connectivity index (χ2v) is 3.87. The first-order valence-corrected chi connectivity index (χ1v) is 5.12. The molecule has 6 nitrogen and oxygen atoms in total. The zero-order chi connectivity index (χ0) is 13.0. The maximum atomic E-state index is 11.8. The van der Waals surface area contributed by atoms with E-state index in [2.05, 4.69) is 10.3 Å². The van der Waals surface area contributed by atoms with Gasteiger partial charge in [0.15, 0.2) is 0 Å². The van der Waals surface area contributed by atoms with Gasteiger partial charge < -0.3 is 16.0 Å². The van der Waals surface area contributed by atoms with E-state index in [4.69, 9.17) is 5.73 Å². The average molecular weight is 236 g/mol. The van der Waals surface area contributed by atoms with Crippen LogP contribution in [0.15, 0.2) is 12.3 Å². The lowest BCUT2D eigenvalue weighted by Gasteiger charge is -2.11. The van der Waals surface area contributed by atoms with Gasteiger partial charge >= 0.3 is 0 Å². The third kappa shape index (κ3) is 3.44. The fourth-order valence-corrected chi connectivity index (χ4v) is 1.19. The molecule has 0 radical (unpaired) electrons. The summed E-state index contributed by atoms with van der Waals surface area (Å²) in [4.78, 5) is 28.5. The Bertz CT molecular complexity index is 443. The number of aromatic nitrogens is 1. The van der Waals surface area contributed by atoms with Crippen LogP contribution in [0.25, 0.3) is 0 Å². The zero-order valence-corrected chi connectivity index (χ0v) is 10.2. The first-order valence-electron chi connectivity index (χ1n) is 5.12. The molecule has 0 bridgehead atoms. The number of nitrogens with zero attached hydrogens (tertiary/aromatic N) is 2. The zero-order valence-electron chi connectivity index (χ0n) is 10.2. The van der Waals surface area contributed by atoms with E-state index in [1.54, 1.807) is 21.0 Å². The smallest absolute Gasteiger partial charge is 0.253 e. The van der Waals surface area contributed by atoms with Crippen molar-refractivity contribution in [3.05, 3.63) is 23.5 Å². The van der Waals surface area contributed by atoms with Crippen LogP contribution in [0.2, 0.25) is 0 Å². The maximum absolute atomic E-state index is 11.8. The molecule has 6 heteroatoms. The Morgan fingerprint density at radius 3 is 2.71 bits per heavy atom. The molecule has 92 valence electrons. The number of amides is 2. The van der Waals surface area contributed by atoms with Gasteiger partial charge in [-0.15, -0.1) is 0 Å². The molecule has 0 saturated heterocycles. The van der Waals surface area contributed by atoms with Crippen molar-refractivity contribution in [2.24, 2.45) is 0 Å². The van der Waals surface area contributed by atoms with Crippen molar-refractivity contribution in [2.45, 2.75) is 6.92 Å². The minimum absolute atomic E-state index is 0.0416. The number of pyridine rings is 1. The molecule has 0 fully saturated rings. The molecular formula is C11H16N4O2. The van der Waals surface area contributed by atoms with E-state index in [-0.39, 0.29) is 18.4 Å². The van der Waals surface area contributed by atoms with E-state index < -0.39 is 0 Å². The van der Waals surface area contributed by atoms with Gasteiger partial charge in [0.05, 0.1) is 29.7 Å². The number of hydrogen-bond donors (Lipinski definition) is 2. The second-order valence-electron chi connectivity index (χ2n) is 3.87. The number of likely N-dealkylation sites (N-methyl/N-ethyl adjacent to an activating group) is 1. The van der Waals surface area contributed by atoms with Crippen molar-refractivity contribution in [2.75, 3.05) is 26.4 Å². The Morgan fingerprint density at radius 2 is 2.12 bits per heavy atom. The SMILES string of the molecule is Cc1ncc(N)cc1C(=O)NCC(=O)N(C)C. The van der Waals surface area contributed by atoms with Gasteiger partial charge in [-0.1, -0.05) is 0 Å². The molecule has 0 aliphatic heterocycles. The maximum Gasteiger partial charge on any atom is 0.253 e. The minimum Gasteiger partial charge on any atom is -0.397 e. The van der Waals surface area contributed by atoms with E-state index in [0.29, 0.717) is 16.9 Å². The first-order chi connectivity index (χ1) is 7.91. The molecular weight excluding hydrogens is 220 g/mol. The fourth-order valence-electron chi connectivity index (χ4n) is 1.19. The molecule has 1 heterocycles. The lowest BCUT2D eigenvalue weighted by molar-refractivity contribution is -0.127. The Hall–Kier alpha value is -2.11. The van der Waals surface area contributed by atoms with E-state index in [0.717, 1.165) is 0 Å². The van der Waals surface area contributed by atoms with Gasteiger partial charge in [-0.25, -0.2) is 0 Å². The van der Waals surface area contributed by atoms with Crippen molar-refractivity contribution >= 4 is 17.5 Å². The highest BCUT2D eigenvalue weighted by atomic mass is 16.2. The average Bonchev–Trinajstić information content (AvgIpc) is 2.28. The summed E-state index contributed by atoms with van der Waals surface area (Å²) >= 11 is 0. The predicted molar refractivity (Wildman–Crippen MR) is 64.4 cm³/mol. The van der Waals surface area contributed by atoms with Crippen LogP contribution in [0.3, 0.4) is 0 Å². The minimum atomic E-state index is -0.350. The summed E-state index contributed by atoms with van der Waals surface area (Å²) in [5, 5.41) is 2.52. The van der Waals surface area contributed by atoms with Crippen LogP contribution >= 0.6 is 0 Å². The molecule has 0 unspecified atom stereocenters. The molecule has 0 aromatic carbocycles. The molecule has 0 spiro atoms. The number of hydrogen-bond acceptors (Lipinski definition) is 4. The normalized spacial score (nSPS) is 9.82. The summed E-state index contributed by atoms with van der Waals surface area (Å²) in [7, 11) is 3.25. The highest BCUT2D eigenvalue weighted by Gasteiger charge is 2.12. The quantitative estimate of drug-likeness (QED) is 0.760. The third-order valence-corrected chi connectivity index (χ3v) is 2.25. The van der Waals surface area contributed by atoms with Gasteiger partial charge in [0.1, 0.15) is 0 Å². The molecule has 0 aliphatic carbocycles. The summed E-state index contributed by atoms with van der Waals surface area (Å²) in [6.07, 6.45) is 1.48. The topological polar surface area (TPSA) is 88.3 Å². The van der Waals surface area contributed by atoms with E-state index >= 15 is 0 Å². The van der Waals surface area contributed by atoms with Crippen molar-refractivity contribution in [3.63, 3.8) is 0 Å². The molecule has 1 aromatic rings. The standard InChI is InChI=1S/C11H16N4O2/c1-7-9(4-8(12)5-13-7)11(17)14-6-10(16)15(2)3/h4-5H,6,12H2,1-3H3,(H,14,17). The van der Waals surface area contributed by atoms with E-state index in [9.17, 15) is 9.59 Å². The van der Waals surface area contributed by atoms with Crippen molar-refractivity contribution in [1.82, 2.24) is 15.2 Å². The number of carbonyl (C=O) groups is 2. The first kappa shape index (κ1) is 13.0. The predicted octanol–water partition coefficient (Wildman–Crippen LogP) is -0.210. The van der Waals surface area contributed by atoms with Crippen LogP contribution in [-0.4, -0.2) is 42.3 Å². The lowest BCUT2D eigenvalue weighted by Crippen LogP contribution is -2.36. The van der Waals surface area contributed by atoms with Gasteiger partial charge in [-0.2, -0.15) is 0 Å². The Kier molecular flexibility index (Phi) is 4.03. The number of rotatable bonds is 3. The number of carbonyl (C=O) groups excluding carboxylic acids is 2. The Morgan fingerprint density at radius 1 is 1.47 bits per heavy atom. The third-order valence-electron chi connectivity index (χ3n) is 2.25. The van der Waals surface area contributed by atoms with Crippen LogP contribution in [0, 0.1) is 6.92 Å². The number of aryl methyl sites for hydroxylation is 1. The number of nitrogen functional groups attached to an aromatic ring is 1. The summed E-state index contributed by atoms with van der Waals surface area (Å²) in [5.41, 5.74) is 6.93. The highest BCUT2D eigenvalue weighted by Crippen LogP contribution is 2.08. The largest absolute Gasteiger partial charge is 0.397 e. The summed E-state index contributed by atoms with van der Waals surface area (Å²) in [6, 6.07) is 1.54. The van der Waals surface area contributed by atoms with Gasteiger partial charge in [-0.05, 0) is 13.0 Å². The van der Waals surface area contributed by atoms with E-state index in [1.807, 2.05) is 0 Å². The fraction of sp³-hybridized carbons (Fsp3) is 0.364. The number of anilines is 1. The molecule has 17 heavy (non-hydrogen) atoms. The van der Waals surface area contributed by atoms with Crippen LogP contribution in [0.4, 0.5) is 5.69 Å². The van der Waals surface area contributed by atoms with Crippen LogP contribution in [0.5, 0.6) is 0 Å². The molecule has 0 saturated carbocycles. The summed E-state index contributed by atoms with van der Waals surface area (Å²) in [5.74, 6) is -0.523. The van der Waals surface area contributed by atoms with Crippen molar-refractivity contribution < 1.29 is 9.59 Å². The van der Waals surface area contributed by atoms with Gasteiger partial charge in [0.2, 0.25) is 5.91 Å². The van der Waals surface area contributed by atoms with Gasteiger partial charge in [0, 0.05) is 14.1 Å². The Labute approximate surface area is 99.8 Å². The molecule has 1 rings (SSSR count). The van der Waals surface area contributed by atoms with Crippen molar-refractivity contribution in [1.29, 1.82) is 0 Å². The Balaban J connectivity index is 2.70. The summed E-state index contributed by atoms with van der Waals surface area (Å²) < 4.78 is 0. The number of nitrogens with two attached hydrogens (primary N) is 1. The van der Waals surface area contributed by atoms with Crippen LogP contribution in [0.1, 0.15) is 16.1 Å².